The van der Waals surface area contributed by atoms with Crippen LogP contribution in [0.25, 0.3) is 0 Å². The molecule has 3 N–H and O–H groups in total. The molecule has 0 saturated heterocycles. The summed E-state index contributed by atoms with van der Waals surface area (Å²) in [5.74, 6) is 0.555. The summed E-state index contributed by atoms with van der Waals surface area (Å²) in [6.45, 7) is 2.25. The first-order valence-corrected chi connectivity index (χ1v) is 5.99. The molecule has 1 aromatic carbocycles. The predicted molar refractivity (Wildman–Crippen MR) is 67.8 cm³/mol. The van der Waals surface area contributed by atoms with Gasteiger partial charge in [0.15, 0.2) is 11.6 Å². The molecule has 1 aliphatic rings. The number of nitrogens with one attached hydrogen (secondary N) is 1. The van der Waals surface area contributed by atoms with Crippen molar-refractivity contribution in [2.75, 3.05) is 18.2 Å². The molecule has 3 nitrogen and oxygen atoms in total. The summed E-state index contributed by atoms with van der Waals surface area (Å²) in [5.41, 5.74) is 7.00. The molecule has 2 unspecified atom stereocenters. The van der Waals surface area contributed by atoms with Gasteiger partial charge in [-0.3, -0.25) is 0 Å². The first kappa shape index (κ1) is 12.0. The third kappa shape index (κ3) is 2.62. The molecule has 1 aliphatic carbocycles. The van der Waals surface area contributed by atoms with Crippen molar-refractivity contribution >= 4 is 11.4 Å². The molecule has 2 rings (SSSR count). The Bertz CT molecular complexity index is 409. The molecule has 4 heteroatoms. The molecule has 1 saturated carbocycles. The van der Waals surface area contributed by atoms with E-state index in [1.54, 1.807) is 6.07 Å². The fraction of sp³-hybridized carbons (Fsp3) is 0.538. The van der Waals surface area contributed by atoms with Gasteiger partial charge in [-0.15, -0.1) is 0 Å². The summed E-state index contributed by atoms with van der Waals surface area (Å²) >= 11 is 0. The molecule has 0 aliphatic heterocycles. The molecule has 0 heterocycles. The highest BCUT2D eigenvalue weighted by atomic mass is 19.1. The Morgan fingerprint density at radius 2 is 2.18 bits per heavy atom. The van der Waals surface area contributed by atoms with E-state index in [4.69, 9.17) is 10.5 Å². The Hall–Kier alpha value is -1.45. The topological polar surface area (TPSA) is 47.3 Å². The van der Waals surface area contributed by atoms with Crippen LogP contribution in [0, 0.1) is 11.7 Å². The van der Waals surface area contributed by atoms with Crippen LogP contribution in [0.1, 0.15) is 26.2 Å². The van der Waals surface area contributed by atoms with Crippen LogP contribution in [0.2, 0.25) is 0 Å². The van der Waals surface area contributed by atoms with E-state index < -0.39 is 5.82 Å². The van der Waals surface area contributed by atoms with Crippen LogP contribution in [-0.4, -0.2) is 13.2 Å². The van der Waals surface area contributed by atoms with Crippen LogP contribution in [0.4, 0.5) is 15.8 Å². The smallest absolute Gasteiger partial charge is 0.167 e. The Balaban J connectivity index is 2.15. The van der Waals surface area contributed by atoms with Crippen LogP contribution in [-0.2, 0) is 0 Å². The van der Waals surface area contributed by atoms with Crippen molar-refractivity contribution < 1.29 is 9.13 Å². The molecular weight excluding hydrogens is 219 g/mol. The molecule has 2 atom stereocenters. The highest BCUT2D eigenvalue weighted by Crippen LogP contribution is 2.32. The van der Waals surface area contributed by atoms with Gasteiger partial charge in [-0.25, -0.2) is 4.39 Å². The number of methoxy groups -OCH3 is 1. The SMILES string of the molecule is COc1cc(NC2CCC(C)C2)c(N)cc1F. The zero-order valence-corrected chi connectivity index (χ0v) is 10.3. The number of nitrogens with two attached hydrogens (primary N) is 1. The highest BCUT2D eigenvalue weighted by Gasteiger charge is 2.22. The molecule has 0 amide bonds. The van der Waals surface area contributed by atoms with E-state index in [1.165, 1.54) is 19.6 Å². The van der Waals surface area contributed by atoms with Gasteiger partial charge in [0.05, 0.1) is 18.5 Å². The summed E-state index contributed by atoms with van der Waals surface area (Å²) in [6.07, 6.45) is 3.51. The summed E-state index contributed by atoms with van der Waals surface area (Å²) in [4.78, 5) is 0. The molecular formula is C13H19FN2O. The molecule has 1 aromatic rings. The maximum Gasteiger partial charge on any atom is 0.167 e. The zero-order valence-electron chi connectivity index (χ0n) is 10.3. The van der Waals surface area contributed by atoms with Gasteiger partial charge < -0.3 is 15.8 Å². The van der Waals surface area contributed by atoms with Gasteiger partial charge in [-0.1, -0.05) is 6.92 Å². The number of benzene rings is 1. The normalized spacial score (nSPS) is 23.7. The number of rotatable bonds is 3. The van der Waals surface area contributed by atoms with Gasteiger partial charge in [-0.2, -0.15) is 0 Å². The minimum absolute atomic E-state index is 0.229. The lowest BCUT2D eigenvalue weighted by molar-refractivity contribution is 0.387. The second-order valence-corrected chi connectivity index (χ2v) is 4.83. The van der Waals surface area contributed by atoms with Crippen LogP contribution in [0.3, 0.4) is 0 Å². The van der Waals surface area contributed by atoms with Crippen molar-refractivity contribution in [1.29, 1.82) is 0 Å². The van der Waals surface area contributed by atoms with Crippen LogP contribution < -0.4 is 15.8 Å². The van der Waals surface area contributed by atoms with E-state index in [9.17, 15) is 4.39 Å². The maximum absolute atomic E-state index is 13.4. The third-order valence-electron chi connectivity index (χ3n) is 3.38. The predicted octanol–water partition coefficient (Wildman–Crippen LogP) is 3.02. The van der Waals surface area contributed by atoms with Gasteiger partial charge in [0.2, 0.25) is 0 Å². The number of hydrogen-bond acceptors (Lipinski definition) is 3. The first-order valence-electron chi connectivity index (χ1n) is 5.99. The Labute approximate surface area is 101 Å². The minimum Gasteiger partial charge on any atom is -0.494 e. The molecule has 0 radical (unpaired) electrons. The average molecular weight is 238 g/mol. The van der Waals surface area contributed by atoms with E-state index in [-0.39, 0.29) is 5.75 Å². The van der Waals surface area contributed by atoms with Crippen LogP contribution >= 0.6 is 0 Å². The third-order valence-corrected chi connectivity index (χ3v) is 3.38. The van der Waals surface area contributed by atoms with Gasteiger partial charge in [0, 0.05) is 18.2 Å². The lowest BCUT2D eigenvalue weighted by atomic mass is 10.1. The van der Waals surface area contributed by atoms with Crippen LogP contribution in [0.15, 0.2) is 12.1 Å². The largest absolute Gasteiger partial charge is 0.494 e. The molecule has 1 fully saturated rings. The number of ether oxygens (including phenoxy) is 1. The molecule has 94 valence electrons. The Morgan fingerprint density at radius 3 is 2.76 bits per heavy atom. The Kier molecular flexibility index (Phi) is 3.41. The maximum atomic E-state index is 13.4. The van der Waals surface area contributed by atoms with Crippen molar-refractivity contribution in [3.63, 3.8) is 0 Å². The number of halogens is 1. The van der Waals surface area contributed by atoms with Gasteiger partial charge >= 0.3 is 0 Å². The quantitative estimate of drug-likeness (QED) is 0.796. The van der Waals surface area contributed by atoms with Crippen molar-refractivity contribution in [2.45, 2.75) is 32.2 Å². The van der Waals surface area contributed by atoms with Crippen molar-refractivity contribution in [2.24, 2.45) is 5.92 Å². The summed E-state index contributed by atoms with van der Waals surface area (Å²) in [5, 5.41) is 3.37. The molecule has 0 spiro atoms. The lowest BCUT2D eigenvalue weighted by Crippen LogP contribution is -2.16. The standard InChI is InChI=1S/C13H19FN2O/c1-8-3-4-9(5-8)16-12-7-13(17-2)10(14)6-11(12)15/h6-9,16H,3-5,15H2,1-2H3. The van der Waals surface area contributed by atoms with E-state index in [2.05, 4.69) is 12.2 Å². The minimum atomic E-state index is -0.421. The number of nitrogen functional groups attached to an aromatic ring is 1. The molecule has 17 heavy (non-hydrogen) atoms. The highest BCUT2D eigenvalue weighted by molar-refractivity contribution is 5.69. The monoisotopic (exact) mass is 238 g/mol. The van der Waals surface area contributed by atoms with Crippen molar-refractivity contribution in [3.8, 4) is 5.75 Å². The summed E-state index contributed by atoms with van der Waals surface area (Å²) in [6, 6.07) is 3.37. The van der Waals surface area contributed by atoms with Crippen molar-refractivity contribution in [3.05, 3.63) is 17.9 Å². The summed E-state index contributed by atoms with van der Waals surface area (Å²) < 4.78 is 18.3. The van der Waals surface area contributed by atoms with E-state index >= 15 is 0 Å². The first-order chi connectivity index (χ1) is 8.10. The lowest BCUT2D eigenvalue weighted by Gasteiger charge is -2.17. The number of anilines is 2. The Morgan fingerprint density at radius 1 is 1.41 bits per heavy atom. The average Bonchev–Trinajstić information content (AvgIpc) is 2.68. The van der Waals surface area contributed by atoms with E-state index in [1.807, 2.05) is 0 Å². The van der Waals surface area contributed by atoms with E-state index in [0.29, 0.717) is 11.7 Å². The fourth-order valence-electron chi connectivity index (χ4n) is 2.41. The van der Waals surface area contributed by atoms with Gasteiger partial charge in [-0.05, 0) is 25.2 Å². The fourth-order valence-corrected chi connectivity index (χ4v) is 2.41. The van der Waals surface area contributed by atoms with Crippen LogP contribution in [0.5, 0.6) is 5.75 Å². The van der Waals surface area contributed by atoms with Gasteiger partial charge in [0.25, 0.3) is 0 Å². The van der Waals surface area contributed by atoms with Crippen molar-refractivity contribution in [1.82, 2.24) is 0 Å². The summed E-state index contributed by atoms with van der Waals surface area (Å²) in [7, 11) is 1.45. The van der Waals surface area contributed by atoms with Gasteiger partial charge in [0.1, 0.15) is 0 Å². The second kappa shape index (κ2) is 4.82. The second-order valence-electron chi connectivity index (χ2n) is 4.83. The van der Waals surface area contributed by atoms with E-state index in [0.717, 1.165) is 24.4 Å². The molecule has 0 aromatic heterocycles. The molecule has 0 bridgehead atoms. The number of hydrogen-bond donors (Lipinski definition) is 2. The zero-order chi connectivity index (χ0) is 12.4.